The van der Waals surface area contributed by atoms with E-state index >= 15 is 0 Å². The van der Waals surface area contributed by atoms with Crippen LogP contribution in [-0.2, 0) is 29.0 Å². The molecule has 6 heteroatoms. The molecule has 0 saturated heterocycles. The number of carbonyl (C=O) groups excluding carboxylic acids is 2. The van der Waals surface area contributed by atoms with Gasteiger partial charge in [0.15, 0.2) is 6.61 Å². The Morgan fingerprint density at radius 3 is 2.32 bits per heavy atom. The summed E-state index contributed by atoms with van der Waals surface area (Å²) in [5.41, 5.74) is 4.24. The first kappa shape index (κ1) is 28.5. The molecule has 0 spiro atoms. The molecule has 0 aromatic heterocycles. The molecule has 0 heterocycles. The minimum atomic E-state index is -0.678. The highest BCUT2D eigenvalue weighted by atomic mass is 79.9. The van der Waals surface area contributed by atoms with E-state index in [1.807, 2.05) is 79.7 Å². The number of halogens is 1. The second-order valence-electron chi connectivity index (χ2n) is 9.70. The Bertz CT molecular complexity index is 1180. The molecule has 0 radical (unpaired) electrons. The molecule has 5 nitrogen and oxygen atoms in total. The second-order valence-corrected chi connectivity index (χ2v) is 10.6. The van der Waals surface area contributed by atoms with Crippen LogP contribution in [0.4, 0.5) is 0 Å². The van der Waals surface area contributed by atoms with Gasteiger partial charge in [-0.25, -0.2) is 0 Å². The van der Waals surface area contributed by atoms with E-state index in [1.54, 1.807) is 4.90 Å². The highest BCUT2D eigenvalue weighted by Crippen LogP contribution is 2.26. The molecule has 0 aliphatic rings. The van der Waals surface area contributed by atoms with E-state index in [0.29, 0.717) is 31.2 Å². The SMILES string of the molecule is CCc1ccc(OCC(=O)N(Cc2ccccc2C)C(Cc2ccccc2)C(=O)NCC(C)C)c(Br)c1. The number of amides is 2. The summed E-state index contributed by atoms with van der Waals surface area (Å²) in [6.07, 6.45) is 1.33. The topological polar surface area (TPSA) is 58.6 Å². The van der Waals surface area contributed by atoms with E-state index in [-0.39, 0.29) is 18.4 Å². The zero-order valence-electron chi connectivity index (χ0n) is 22.2. The van der Waals surface area contributed by atoms with Crippen LogP contribution in [0.25, 0.3) is 0 Å². The maximum Gasteiger partial charge on any atom is 0.261 e. The largest absolute Gasteiger partial charge is 0.483 e. The summed E-state index contributed by atoms with van der Waals surface area (Å²) in [4.78, 5) is 28.9. The van der Waals surface area contributed by atoms with Gasteiger partial charge in [-0.2, -0.15) is 0 Å². The highest BCUT2D eigenvalue weighted by molar-refractivity contribution is 9.10. The highest BCUT2D eigenvalue weighted by Gasteiger charge is 2.31. The third-order valence-electron chi connectivity index (χ3n) is 6.31. The van der Waals surface area contributed by atoms with Gasteiger partial charge in [0.1, 0.15) is 11.8 Å². The average Bonchev–Trinajstić information content (AvgIpc) is 2.89. The third kappa shape index (κ3) is 8.46. The van der Waals surface area contributed by atoms with Crippen molar-refractivity contribution < 1.29 is 14.3 Å². The summed E-state index contributed by atoms with van der Waals surface area (Å²) >= 11 is 3.55. The number of hydrogen-bond donors (Lipinski definition) is 1. The monoisotopic (exact) mass is 564 g/mol. The molecule has 0 aliphatic heterocycles. The summed E-state index contributed by atoms with van der Waals surface area (Å²) in [5.74, 6) is 0.502. The van der Waals surface area contributed by atoms with Gasteiger partial charge in [-0.15, -0.1) is 0 Å². The Morgan fingerprint density at radius 2 is 1.68 bits per heavy atom. The van der Waals surface area contributed by atoms with Crippen molar-refractivity contribution in [1.82, 2.24) is 10.2 Å². The zero-order valence-corrected chi connectivity index (χ0v) is 23.8. The van der Waals surface area contributed by atoms with Crippen molar-refractivity contribution in [2.24, 2.45) is 5.92 Å². The molecule has 0 fully saturated rings. The summed E-state index contributed by atoms with van der Waals surface area (Å²) < 4.78 is 6.76. The van der Waals surface area contributed by atoms with E-state index in [9.17, 15) is 9.59 Å². The summed E-state index contributed by atoms with van der Waals surface area (Å²) in [5, 5.41) is 3.05. The Balaban J connectivity index is 1.91. The number of nitrogens with one attached hydrogen (secondary N) is 1. The van der Waals surface area contributed by atoms with E-state index in [2.05, 4.69) is 42.0 Å². The van der Waals surface area contributed by atoms with Gasteiger partial charge in [-0.05, 0) is 69.6 Å². The van der Waals surface area contributed by atoms with Gasteiger partial charge in [-0.3, -0.25) is 9.59 Å². The lowest BCUT2D eigenvalue weighted by atomic mass is 10.0. The Hall–Kier alpha value is -3.12. The number of benzene rings is 3. The van der Waals surface area contributed by atoms with Crippen molar-refractivity contribution >= 4 is 27.7 Å². The molecule has 3 rings (SSSR count). The Kier molecular flexibility index (Phi) is 10.8. The molecule has 0 saturated carbocycles. The quantitative estimate of drug-likeness (QED) is 0.288. The van der Waals surface area contributed by atoms with Crippen LogP contribution < -0.4 is 10.1 Å². The predicted octanol–water partition coefficient (Wildman–Crippen LogP) is 6.11. The fourth-order valence-electron chi connectivity index (χ4n) is 4.05. The third-order valence-corrected chi connectivity index (χ3v) is 6.93. The lowest BCUT2D eigenvalue weighted by Crippen LogP contribution is -2.52. The maximum absolute atomic E-state index is 13.7. The molecular formula is C31H37BrN2O3. The first-order chi connectivity index (χ1) is 17.8. The van der Waals surface area contributed by atoms with Crippen molar-refractivity contribution in [3.63, 3.8) is 0 Å². The van der Waals surface area contributed by atoms with E-state index in [0.717, 1.165) is 27.6 Å². The number of aryl methyl sites for hydroxylation is 2. The Morgan fingerprint density at radius 1 is 0.973 bits per heavy atom. The van der Waals surface area contributed by atoms with Gasteiger partial charge < -0.3 is 15.0 Å². The molecule has 3 aromatic rings. The number of carbonyl (C=O) groups is 2. The molecule has 1 N–H and O–H groups in total. The predicted molar refractivity (Wildman–Crippen MR) is 153 cm³/mol. The normalized spacial score (nSPS) is 11.7. The van der Waals surface area contributed by atoms with Crippen LogP contribution in [0.2, 0.25) is 0 Å². The van der Waals surface area contributed by atoms with Crippen LogP contribution in [0.5, 0.6) is 5.75 Å². The van der Waals surface area contributed by atoms with Gasteiger partial charge in [0.25, 0.3) is 5.91 Å². The lowest BCUT2D eigenvalue weighted by Gasteiger charge is -2.32. The van der Waals surface area contributed by atoms with Crippen LogP contribution >= 0.6 is 15.9 Å². The van der Waals surface area contributed by atoms with Crippen LogP contribution in [0, 0.1) is 12.8 Å². The van der Waals surface area contributed by atoms with Gasteiger partial charge in [0, 0.05) is 19.5 Å². The molecule has 0 bridgehead atoms. The smallest absolute Gasteiger partial charge is 0.261 e. The molecule has 3 aromatic carbocycles. The fraction of sp³-hybridized carbons (Fsp3) is 0.355. The molecule has 37 heavy (non-hydrogen) atoms. The first-order valence-corrected chi connectivity index (χ1v) is 13.6. The molecule has 1 unspecified atom stereocenters. The molecular weight excluding hydrogens is 528 g/mol. The Labute approximate surface area is 229 Å². The van der Waals surface area contributed by atoms with Gasteiger partial charge in [-0.1, -0.05) is 81.4 Å². The fourth-order valence-corrected chi connectivity index (χ4v) is 4.59. The lowest BCUT2D eigenvalue weighted by molar-refractivity contribution is -0.142. The van der Waals surface area contributed by atoms with Crippen molar-refractivity contribution in [3.8, 4) is 5.75 Å². The van der Waals surface area contributed by atoms with Gasteiger partial charge in [0.05, 0.1) is 4.47 Å². The minimum absolute atomic E-state index is 0.159. The van der Waals surface area contributed by atoms with Crippen molar-refractivity contribution in [1.29, 1.82) is 0 Å². The summed E-state index contributed by atoms with van der Waals surface area (Å²) in [7, 11) is 0. The molecule has 2 amide bonds. The summed E-state index contributed by atoms with van der Waals surface area (Å²) in [6, 6.07) is 23.0. The number of rotatable bonds is 12. The van der Waals surface area contributed by atoms with E-state index in [1.165, 1.54) is 5.56 Å². The van der Waals surface area contributed by atoms with Crippen molar-refractivity contribution in [2.45, 2.75) is 53.1 Å². The first-order valence-electron chi connectivity index (χ1n) is 12.8. The molecule has 196 valence electrons. The molecule has 1 atom stereocenters. The van der Waals surface area contributed by atoms with Crippen LogP contribution in [0.1, 0.15) is 43.0 Å². The van der Waals surface area contributed by atoms with Gasteiger partial charge >= 0.3 is 0 Å². The average molecular weight is 566 g/mol. The number of nitrogens with zero attached hydrogens (tertiary/aromatic N) is 1. The van der Waals surface area contributed by atoms with Crippen LogP contribution in [0.15, 0.2) is 77.3 Å². The molecule has 0 aliphatic carbocycles. The number of hydrogen-bond acceptors (Lipinski definition) is 3. The van der Waals surface area contributed by atoms with Crippen molar-refractivity contribution in [3.05, 3.63) is 99.5 Å². The maximum atomic E-state index is 13.7. The second kappa shape index (κ2) is 14.0. The summed E-state index contributed by atoms with van der Waals surface area (Å²) in [6.45, 7) is 8.91. The van der Waals surface area contributed by atoms with E-state index in [4.69, 9.17) is 4.74 Å². The van der Waals surface area contributed by atoms with E-state index < -0.39 is 6.04 Å². The van der Waals surface area contributed by atoms with Crippen LogP contribution in [-0.4, -0.2) is 35.9 Å². The number of ether oxygens (including phenoxy) is 1. The zero-order chi connectivity index (χ0) is 26.8. The van der Waals surface area contributed by atoms with Gasteiger partial charge in [0.2, 0.25) is 5.91 Å². The van der Waals surface area contributed by atoms with Crippen LogP contribution in [0.3, 0.4) is 0 Å². The standard InChI is InChI=1S/C31H37BrN2O3/c1-5-24-15-16-29(27(32)17-24)37-21-30(35)34(20-26-14-10-9-11-23(26)4)28(31(36)33-19-22(2)3)18-25-12-7-6-8-13-25/h6-17,22,28H,5,18-21H2,1-4H3,(H,33,36). The minimum Gasteiger partial charge on any atom is -0.483 e. The van der Waals surface area contributed by atoms with Crippen molar-refractivity contribution in [2.75, 3.05) is 13.2 Å².